The molecule has 2 saturated heterocycles. The van der Waals surface area contributed by atoms with Crippen molar-refractivity contribution in [3.05, 3.63) is 82.3 Å². The molecule has 8 aliphatic rings. The second-order valence-electron chi connectivity index (χ2n) is 18.1. The lowest BCUT2D eigenvalue weighted by Crippen LogP contribution is -2.37. The maximum Gasteiger partial charge on any atom is 0.168 e. The van der Waals surface area contributed by atoms with E-state index in [4.69, 9.17) is 44.3 Å². The van der Waals surface area contributed by atoms with Crippen LogP contribution >= 0.6 is 11.6 Å². The highest BCUT2D eigenvalue weighted by Gasteiger charge is 2.42. The van der Waals surface area contributed by atoms with Crippen LogP contribution in [0.2, 0.25) is 0 Å². The van der Waals surface area contributed by atoms with Crippen LogP contribution in [-0.2, 0) is 36.2 Å². The zero-order valence-corrected chi connectivity index (χ0v) is 35.0. The summed E-state index contributed by atoms with van der Waals surface area (Å²) in [7, 11) is 0. The number of hydrogen-bond donors (Lipinski definition) is 1. The molecule has 8 fully saturated rings. The average molecular weight is 827 g/mol. The second kappa shape index (κ2) is 17.3. The molecule has 2 aromatic heterocycles. The van der Waals surface area contributed by atoms with Gasteiger partial charge in [0.15, 0.2) is 11.6 Å². The Kier molecular flexibility index (Phi) is 11.8. The van der Waals surface area contributed by atoms with E-state index in [1.165, 1.54) is 79.2 Å². The average Bonchev–Trinajstić information content (AvgIpc) is 4.11. The zero-order valence-electron chi connectivity index (χ0n) is 34.2. The number of alkyl halides is 1. The number of rotatable bonds is 10. The first-order valence-electron chi connectivity index (χ1n) is 22.6. The van der Waals surface area contributed by atoms with Crippen LogP contribution < -0.4 is 0 Å². The van der Waals surface area contributed by atoms with Gasteiger partial charge in [-0.3, -0.25) is 0 Å². The Hall–Kier alpha value is -3.09. The third-order valence-corrected chi connectivity index (χ3v) is 13.9. The first-order valence-corrected chi connectivity index (χ1v) is 23.1. The minimum atomic E-state index is -0.329. The molecule has 6 aliphatic carbocycles. The van der Waals surface area contributed by atoms with Crippen molar-refractivity contribution >= 4 is 11.6 Å². The van der Waals surface area contributed by atoms with Gasteiger partial charge in [0.1, 0.15) is 22.9 Å². The minimum Gasteiger partial charge on any atom is -0.393 e. The molecule has 2 aromatic carbocycles. The van der Waals surface area contributed by atoms with Crippen molar-refractivity contribution in [1.82, 2.24) is 10.3 Å². The summed E-state index contributed by atoms with van der Waals surface area (Å²) in [6.45, 7) is 3.47. The van der Waals surface area contributed by atoms with Crippen molar-refractivity contribution in [3.63, 3.8) is 0 Å². The maximum absolute atomic E-state index is 9.24. The zero-order chi connectivity index (χ0) is 39.8. The van der Waals surface area contributed by atoms with Crippen molar-refractivity contribution in [2.75, 3.05) is 26.4 Å². The van der Waals surface area contributed by atoms with Crippen LogP contribution in [0.1, 0.15) is 160 Å². The molecule has 4 heterocycles. The second-order valence-corrected chi connectivity index (χ2v) is 18.4. The Morgan fingerprint density at radius 2 is 0.983 bits per heavy atom. The van der Waals surface area contributed by atoms with Gasteiger partial charge in [-0.05, 0) is 100 Å². The standard InChI is InChI=1S/C24H29NO4.C16H16ClNO.C8H14O3/c1-2-4-20(19(3-1)16-5-6-16)22-21(23(29-25-22)17-7-8-17)15-26-18-9-11-24(12-10-18)27-13-14-28-24;17-9-14-15(18-19-16(14)11-7-8-11)13-4-2-1-3-12(13)10-5-6-10;9-7-1-3-8(4-2-7)10-5-6-11-8/h1-4,16-18H,5-15H2;1-4,10-11H,5-9H2;7,9H,1-6H2. The Balaban J connectivity index is 0.000000120. The van der Waals surface area contributed by atoms with Gasteiger partial charge in [-0.2, -0.15) is 0 Å². The highest BCUT2D eigenvalue weighted by atomic mass is 35.5. The summed E-state index contributed by atoms with van der Waals surface area (Å²) < 4.78 is 40.6. The quantitative estimate of drug-likeness (QED) is 0.155. The largest absolute Gasteiger partial charge is 0.393 e. The Labute approximate surface area is 352 Å². The molecule has 12 rings (SSSR count). The van der Waals surface area contributed by atoms with Crippen LogP contribution in [0.3, 0.4) is 0 Å². The summed E-state index contributed by atoms with van der Waals surface area (Å²) in [4.78, 5) is 0. The van der Waals surface area contributed by atoms with Gasteiger partial charge >= 0.3 is 0 Å². The first kappa shape index (κ1) is 40.0. The summed E-state index contributed by atoms with van der Waals surface area (Å²) in [5, 5.41) is 18.1. The fourth-order valence-corrected chi connectivity index (χ4v) is 9.87. The molecule has 2 aliphatic heterocycles. The van der Waals surface area contributed by atoms with Crippen molar-refractivity contribution in [2.45, 2.75) is 163 Å². The van der Waals surface area contributed by atoms with Crippen LogP contribution in [0, 0.1) is 0 Å². The van der Waals surface area contributed by atoms with E-state index < -0.39 is 0 Å². The lowest BCUT2D eigenvalue weighted by molar-refractivity contribution is -0.192. The summed E-state index contributed by atoms with van der Waals surface area (Å²) in [6.07, 6.45) is 17.3. The van der Waals surface area contributed by atoms with E-state index in [9.17, 15) is 5.11 Å². The van der Waals surface area contributed by atoms with Crippen LogP contribution in [0.4, 0.5) is 0 Å². The topological polar surface area (TPSA) is 118 Å². The highest BCUT2D eigenvalue weighted by molar-refractivity contribution is 6.17. The molecule has 59 heavy (non-hydrogen) atoms. The number of ether oxygens (including phenoxy) is 5. The van der Waals surface area contributed by atoms with Crippen molar-refractivity contribution in [3.8, 4) is 22.5 Å². The molecule has 6 saturated carbocycles. The van der Waals surface area contributed by atoms with Gasteiger partial charge in [0.2, 0.25) is 0 Å². The number of hydrogen-bond acceptors (Lipinski definition) is 10. The molecule has 4 aromatic rings. The third-order valence-electron chi connectivity index (χ3n) is 13.6. The molecular weight excluding hydrogens is 768 g/mol. The normalized spacial score (nSPS) is 24.8. The fourth-order valence-electron chi connectivity index (χ4n) is 9.61. The van der Waals surface area contributed by atoms with Crippen molar-refractivity contribution < 1.29 is 37.8 Å². The van der Waals surface area contributed by atoms with Crippen LogP contribution in [0.15, 0.2) is 57.6 Å². The van der Waals surface area contributed by atoms with Crippen LogP contribution in [0.5, 0.6) is 0 Å². The van der Waals surface area contributed by atoms with Crippen LogP contribution in [0.25, 0.3) is 22.5 Å². The Morgan fingerprint density at radius 3 is 1.44 bits per heavy atom. The van der Waals surface area contributed by atoms with Gasteiger partial charge in [-0.15, -0.1) is 11.6 Å². The molecule has 10 nitrogen and oxygen atoms in total. The Bertz CT molecular complexity index is 2020. The lowest BCUT2D eigenvalue weighted by atomic mass is 9.91. The molecule has 11 heteroatoms. The van der Waals surface area contributed by atoms with E-state index in [1.54, 1.807) is 0 Å². The first-order chi connectivity index (χ1) is 29.0. The van der Waals surface area contributed by atoms with Gasteiger partial charge < -0.3 is 37.8 Å². The predicted molar refractivity (Wildman–Crippen MR) is 222 cm³/mol. The van der Waals surface area contributed by atoms with E-state index >= 15 is 0 Å². The predicted octanol–water partition coefficient (Wildman–Crippen LogP) is 10.8. The molecule has 0 atom stereocenters. The summed E-state index contributed by atoms with van der Waals surface area (Å²) in [6, 6.07) is 17.3. The molecular formula is C48H59ClN2O8. The number of aliphatic hydroxyl groups is 1. The van der Waals surface area contributed by atoms with Crippen molar-refractivity contribution in [2.24, 2.45) is 0 Å². The fraction of sp³-hybridized carbons (Fsp3) is 0.625. The summed E-state index contributed by atoms with van der Waals surface area (Å²) >= 11 is 6.15. The molecule has 0 amide bonds. The van der Waals surface area contributed by atoms with E-state index in [0.29, 0.717) is 36.2 Å². The number of aliphatic hydroxyl groups excluding tert-OH is 1. The smallest absolute Gasteiger partial charge is 0.168 e. The van der Waals surface area contributed by atoms with E-state index in [-0.39, 0.29) is 23.8 Å². The molecule has 2 spiro atoms. The molecule has 0 radical (unpaired) electrons. The van der Waals surface area contributed by atoms with Gasteiger partial charge in [-0.25, -0.2) is 0 Å². The van der Waals surface area contributed by atoms with Gasteiger partial charge in [-0.1, -0.05) is 58.8 Å². The monoisotopic (exact) mass is 826 g/mol. The highest BCUT2D eigenvalue weighted by Crippen LogP contribution is 2.50. The maximum atomic E-state index is 9.24. The number of nitrogens with zero attached hydrogens (tertiary/aromatic N) is 2. The number of aromatic nitrogens is 2. The molecule has 1 N–H and O–H groups in total. The van der Waals surface area contributed by atoms with E-state index in [2.05, 4.69) is 58.8 Å². The van der Waals surface area contributed by atoms with Crippen molar-refractivity contribution in [1.29, 1.82) is 0 Å². The minimum absolute atomic E-state index is 0.131. The summed E-state index contributed by atoms with van der Waals surface area (Å²) in [5.41, 5.74) is 9.54. The summed E-state index contributed by atoms with van der Waals surface area (Å²) in [5.74, 6) is 4.41. The third kappa shape index (κ3) is 9.11. The lowest BCUT2D eigenvalue weighted by Gasteiger charge is -2.35. The molecule has 0 unspecified atom stereocenters. The molecule has 0 bridgehead atoms. The number of benzene rings is 2. The van der Waals surface area contributed by atoms with Gasteiger partial charge in [0.25, 0.3) is 0 Å². The Morgan fingerprint density at radius 1 is 0.559 bits per heavy atom. The van der Waals surface area contributed by atoms with Gasteiger partial charge in [0.05, 0.1) is 51.1 Å². The SMILES string of the molecule is ClCc1c(-c2ccccc2C2CC2)noc1C1CC1.OC1CCC2(CC1)OCCO2.c1ccc(C2CC2)c(-c2noc(C3CC3)c2COC2CCC3(CC2)OCCO3)c1. The van der Waals surface area contributed by atoms with E-state index in [1.807, 2.05) is 0 Å². The number of halogens is 1. The van der Waals surface area contributed by atoms with Gasteiger partial charge in [0, 0.05) is 59.8 Å². The molecule has 316 valence electrons. The van der Waals surface area contributed by atoms with E-state index in [0.717, 1.165) is 106 Å². The van der Waals surface area contributed by atoms with Crippen LogP contribution in [-0.4, -0.2) is 65.6 Å².